The summed E-state index contributed by atoms with van der Waals surface area (Å²) in [5.41, 5.74) is 1.42. The van der Waals surface area contributed by atoms with Gasteiger partial charge in [0.05, 0.1) is 0 Å². The fourth-order valence-electron chi connectivity index (χ4n) is 1.19. The zero-order valence-corrected chi connectivity index (χ0v) is 10.5. The van der Waals surface area contributed by atoms with Crippen LogP contribution >= 0.6 is 15.9 Å². The second kappa shape index (κ2) is 5.85. The smallest absolute Gasteiger partial charge is 0.270 e. The van der Waals surface area contributed by atoms with Crippen molar-refractivity contribution >= 4 is 21.8 Å². The number of nitrogens with one attached hydrogen (secondary N) is 1. The number of amides is 1. The summed E-state index contributed by atoms with van der Waals surface area (Å²) in [6.45, 7) is 4.61. The van der Waals surface area contributed by atoms with E-state index < -0.39 is 0 Å². The van der Waals surface area contributed by atoms with Crippen LogP contribution in [0.1, 0.15) is 29.4 Å². The molecule has 1 unspecified atom stereocenters. The van der Waals surface area contributed by atoms with Crippen molar-refractivity contribution in [3.05, 3.63) is 29.6 Å². The van der Waals surface area contributed by atoms with Crippen molar-refractivity contribution in [2.24, 2.45) is 0 Å². The molecule has 0 aliphatic heterocycles. The van der Waals surface area contributed by atoms with E-state index >= 15 is 0 Å². The largest absolute Gasteiger partial charge is 0.351 e. The molecule has 0 saturated heterocycles. The van der Waals surface area contributed by atoms with Crippen molar-refractivity contribution in [1.82, 2.24) is 10.3 Å². The molecule has 0 radical (unpaired) electrons. The second-order valence-corrected chi connectivity index (χ2v) is 5.06. The molecular formula is C11H15BrN2O. The summed E-state index contributed by atoms with van der Waals surface area (Å²) in [6, 6.07) is 3.71. The van der Waals surface area contributed by atoms with Crippen LogP contribution < -0.4 is 5.32 Å². The van der Waals surface area contributed by atoms with Crippen molar-refractivity contribution in [3.8, 4) is 0 Å². The SMILES string of the molecule is Cc1cccnc1C(=O)NCCC(C)Br. The van der Waals surface area contributed by atoms with Crippen molar-refractivity contribution in [3.63, 3.8) is 0 Å². The highest BCUT2D eigenvalue weighted by Crippen LogP contribution is 2.04. The monoisotopic (exact) mass is 270 g/mol. The van der Waals surface area contributed by atoms with E-state index in [1.807, 2.05) is 19.1 Å². The average molecular weight is 271 g/mol. The molecule has 0 aliphatic carbocycles. The Morgan fingerprint density at radius 3 is 3.00 bits per heavy atom. The van der Waals surface area contributed by atoms with Gasteiger partial charge in [-0.2, -0.15) is 0 Å². The number of pyridine rings is 1. The molecule has 1 heterocycles. The van der Waals surface area contributed by atoms with Crippen LogP contribution in [0.2, 0.25) is 0 Å². The van der Waals surface area contributed by atoms with Gasteiger partial charge in [-0.25, -0.2) is 0 Å². The molecule has 0 spiro atoms. The van der Waals surface area contributed by atoms with Crippen LogP contribution in [0, 0.1) is 6.92 Å². The molecule has 1 aromatic heterocycles. The number of nitrogens with zero attached hydrogens (tertiary/aromatic N) is 1. The van der Waals surface area contributed by atoms with Crippen LogP contribution in [0.5, 0.6) is 0 Å². The van der Waals surface area contributed by atoms with Crippen LogP contribution in [0.25, 0.3) is 0 Å². The Morgan fingerprint density at radius 1 is 1.67 bits per heavy atom. The molecule has 15 heavy (non-hydrogen) atoms. The first-order valence-corrected chi connectivity index (χ1v) is 5.86. The summed E-state index contributed by atoms with van der Waals surface area (Å²) in [6.07, 6.45) is 2.55. The molecule has 4 heteroatoms. The molecule has 0 aliphatic rings. The number of hydrogen-bond donors (Lipinski definition) is 1. The Balaban J connectivity index is 2.51. The number of carbonyl (C=O) groups is 1. The van der Waals surface area contributed by atoms with Gasteiger partial charge in [-0.3, -0.25) is 9.78 Å². The van der Waals surface area contributed by atoms with Crippen molar-refractivity contribution in [1.29, 1.82) is 0 Å². The average Bonchev–Trinajstić information content (AvgIpc) is 2.17. The summed E-state index contributed by atoms with van der Waals surface area (Å²) in [5, 5.41) is 2.84. The van der Waals surface area contributed by atoms with E-state index in [2.05, 4.69) is 33.2 Å². The maximum absolute atomic E-state index is 11.7. The number of alkyl halides is 1. The van der Waals surface area contributed by atoms with E-state index in [0.717, 1.165) is 12.0 Å². The molecule has 0 bridgehead atoms. The number of aryl methyl sites for hydroxylation is 1. The van der Waals surface area contributed by atoms with Crippen LogP contribution in [-0.4, -0.2) is 22.3 Å². The van der Waals surface area contributed by atoms with Crippen LogP contribution in [-0.2, 0) is 0 Å². The number of aromatic nitrogens is 1. The lowest BCUT2D eigenvalue weighted by Crippen LogP contribution is -2.27. The van der Waals surface area contributed by atoms with E-state index in [1.54, 1.807) is 6.20 Å². The Morgan fingerprint density at radius 2 is 2.40 bits per heavy atom. The maximum Gasteiger partial charge on any atom is 0.270 e. The van der Waals surface area contributed by atoms with Crippen molar-refractivity contribution < 1.29 is 4.79 Å². The molecular weight excluding hydrogens is 256 g/mol. The zero-order valence-electron chi connectivity index (χ0n) is 8.96. The minimum absolute atomic E-state index is 0.0961. The van der Waals surface area contributed by atoms with Crippen LogP contribution in [0.4, 0.5) is 0 Å². The first-order valence-electron chi connectivity index (χ1n) is 4.95. The molecule has 0 saturated carbocycles. The van der Waals surface area contributed by atoms with Gasteiger partial charge in [-0.1, -0.05) is 28.9 Å². The minimum Gasteiger partial charge on any atom is -0.351 e. The highest BCUT2D eigenvalue weighted by atomic mass is 79.9. The van der Waals surface area contributed by atoms with Gasteiger partial charge in [-0.15, -0.1) is 0 Å². The Bertz CT molecular complexity index is 339. The summed E-state index contributed by atoms with van der Waals surface area (Å²) in [7, 11) is 0. The molecule has 0 aromatic carbocycles. The third kappa shape index (κ3) is 4.00. The lowest BCUT2D eigenvalue weighted by atomic mass is 10.2. The minimum atomic E-state index is -0.0961. The topological polar surface area (TPSA) is 42.0 Å². The predicted molar refractivity (Wildman–Crippen MR) is 64.3 cm³/mol. The summed E-state index contributed by atoms with van der Waals surface area (Å²) >= 11 is 3.43. The number of carbonyl (C=O) groups excluding carboxylic acids is 1. The lowest BCUT2D eigenvalue weighted by molar-refractivity contribution is 0.0948. The second-order valence-electron chi connectivity index (χ2n) is 3.49. The molecule has 1 amide bonds. The molecule has 1 aromatic rings. The first kappa shape index (κ1) is 12.2. The summed E-state index contributed by atoms with van der Waals surface area (Å²) in [5.74, 6) is -0.0961. The van der Waals surface area contributed by atoms with E-state index in [9.17, 15) is 4.79 Å². The van der Waals surface area contributed by atoms with Gasteiger partial charge in [0.25, 0.3) is 5.91 Å². The van der Waals surface area contributed by atoms with Gasteiger partial charge in [0, 0.05) is 17.6 Å². The molecule has 1 N–H and O–H groups in total. The van der Waals surface area contributed by atoms with Crippen molar-refractivity contribution in [2.75, 3.05) is 6.54 Å². The number of hydrogen-bond acceptors (Lipinski definition) is 2. The van der Waals surface area contributed by atoms with Gasteiger partial charge in [0.2, 0.25) is 0 Å². The third-order valence-corrected chi connectivity index (χ3v) is 2.51. The number of rotatable bonds is 4. The highest BCUT2D eigenvalue weighted by molar-refractivity contribution is 9.09. The van der Waals surface area contributed by atoms with E-state index in [1.165, 1.54) is 0 Å². The van der Waals surface area contributed by atoms with E-state index in [-0.39, 0.29) is 5.91 Å². The van der Waals surface area contributed by atoms with Gasteiger partial charge in [0.1, 0.15) is 5.69 Å². The lowest BCUT2D eigenvalue weighted by Gasteiger charge is -2.07. The van der Waals surface area contributed by atoms with Gasteiger partial charge < -0.3 is 5.32 Å². The van der Waals surface area contributed by atoms with Gasteiger partial charge in [-0.05, 0) is 25.0 Å². The molecule has 82 valence electrons. The van der Waals surface area contributed by atoms with Crippen LogP contribution in [0.15, 0.2) is 18.3 Å². The Hall–Kier alpha value is -0.900. The Kier molecular flexibility index (Phi) is 4.75. The highest BCUT2D eigenvalue weighted by Gasteiger charge is 2.08. The predicted octanol–water partition coefficient (Wildman–Crippen LogP) is 2.29. The third-order valence-electron chi connectivity index (χ3n) is 2.05. The summed E-state index contributed by atoms with van der Waals surface area (Å²) < 4.78 is 0. The fraction of sp³-hybridized carbons (Fsp3) is 0.455. The summed E-state index contributed by atoms with van der Waals surface area (Å²) in [4.78, 5) is 16.1. The molecule has 1 atom stereocenters. The van der Waals surface area contributed by atoms with Crippen molar-refractivity contribution in [2.45, 2.75) is 25.1 Å². The fourth-order valence-corrected chi connectivity index (χ4v) is 1.42. The van der Waals surface area contributed by atoms with E-state index in [4.69, 9.17) is 0 Å². The molecule has 0 fully saturated rings. The van der Waals surface area contributed by atoms with Crippen LogP contribution in [0.3, 0.4) is 0 Å². The molecule has 1 rings (SSSR count). The maximum atomic E-state index is 11.7. The first-order chi connectivity index (χ1) is 7.11. The number of halogens is 1. The quantitative estimate of drug-likeness (QED) is 0.854. The van der Waals surface area contributed by atoms with Gasteiger partial charge >= 0.3 is 0 Å². The normalized spacial score (nSPS) is 12.2. The van der Waals surface area contributed by atoms with E-state index in [0.29, 0.717) is 17.1 Å². The zero-order chi connectivity index (χ0) is 11.3. The molecule has 3 nitrogen and oxygen atoms in total. The Labute approximate surface area is 98.4 Å². The van der Waals surface area contributed by atoms with Gasteiger partial charge in [0.15, 0.2) is 0 Å². The standard InChI is InChI=1S/C11H15BrN2O/c1-8-4-3-6-13-10(8)11(15)14-7-5-9(2)12/h3-4,6,9H,5,7H2,1-2H3,(H,14,15).